The van der Waals surface area contributed by atoms with E-state index in [1.807, 2.05) is 0 Å². The highest BCUT2D eigenvalue weighted by Gasteiger charge is 2.21. The van der Waals surface area contributed by atoms with E-state index in [9.17, 15) is 9.36 Å². The number of nitrogens with one attached hydrogen (secondary N) is 1. The molecule has 0 aliphatic rings. The SMILES string of the molecule is CCCCCCCCO[P+](=O)OCC(=O)NO. The Hall–Kier alpha value is -0.550. The van der Waals surface area contributed by atoms with Crippen LogP contribution in [0.1, 0.15) is 45.4 Å². The molecule has 100 valence electrons. The van der Waals surface area contributed by atoms with Crippen molar-refractivity contribution in [3.63, 3.8) is 0 Å². The highest BCUT2D eigenvalue weighted by atomic mass is 31.1. The Morgan fingerprint density at radius 3 is 2.47 bits per heavy atom. The van der Waals surface area contributed by atoms with Crippen LogP contribution < -0.4 is 5.48 Å². The van der Waals surface area contributed by atoms with Crippen LogP contribution in [0, 0.1) is 0 Å². The first-order valence-electron chi connectivity index (χ1n) is 5.86. The second-order valence-corrected chi connectivity index (χ2v) is 4.60. The summed E-state index contributed by atoms with van der Waals surface area (Å²) in [7, 11) is -2.27. The van der Waals surface area contributed by atoms with Crippen LogP contribution in [0.5, 0.6) is 0 Å². The molecule has 17 heavy (non-hydrogen) atoms. The second-order valence-electron chi connectivity index (χ2n) is 3.63. The Morgan fingerprint density at radius 2 is 1.82 bits per heavy atom. The summed E-state index contributed by atoms with van der Waals surface area (Å²) in [5.74, 6) is -0.753. The Kier molecular flexibility index (Phi) is 11.5. The van der Waals surface area contributed by atoms with E-state index in [0.29, 0.717) is 6.61 Å². The van der Waals surface area contributed by atoms with Crippen molar-refractivity contribution in [3.8, 4) is 0 Å². The molecule has 0 spiro atoms. The van der Waals surface area contributed by atoms with Gasteiger partial charge in [0.1, 0.15) is 6.61 Å². The first kappa shape index (κ1) is 16.4. The normalized spacial score (nSPS) is 11.3. The standard InChI is InChI=1S/C10H20NO5P/c1-2-3-4-5-6-7-8-15-17(14)16-9-10(12)11-13/h2-9H2,1H3,(H-,11,12,13)/p+1. The highest BCUT2D eigenvalue weighted by molar-refractivity contribution is 7.33. The van der Waals surface area contributed by atoms with Gasteiger partial charge < -0.3 is 0 Å². The van der Waals surface area contributed by atoms with Crippen LogP contribution in [0.25, 0.3) is 0 Å². The summed E-state index contributed by atoms with van der Waals surface area (Å²) in [5, 5.41) is 8.15. The zero-order valence-corrected chi connectivity index (χ0v) is 11.1. The highest BCUT2D eigenvalue weighted by Crippen LogP contribution is 2.23. The molecule has 1 atom stereocenters. The third-order valence-electron chi connectivity index (χ3n) is 2.12. The van der Waals surface area contributed by atoms with Crippen LogP contribution in [0.3, 0.4) is 0 Å². The van der Waals surface area contributed by atoms with Crippen molar-refractivity contribution >= 4 is 14.2 Å². The van der Waals surface area contributed by atoms with Gasteiger partial charge >= 0.3 is 8.25 Å². The van der Waals surface area contributed by atoms with Crippen LogP contribution in [0.4, 0.5) is 0 Å². The molecule has 6 nitrogen and oxygen atoms in total. The lowest BCUT2D eigenvalue weighted by Gasteiger charge is -1.97. The maximum absolute atomic E-state index is 11.0. The Bertz CT molecular complexity index is 225. The van der Waals surface area contributed by atoms with E-state index in [4.69, 9.17) is 9.73 Å². The molecule has 1 unspecified atom stereocenters. The summed E-state index contributed by atoms with van der Waals surface area (Å²) in [5.41, 5.74) is 1.37. The van der Waals surface area contributed by atoms with E-state index in [0.717, 1.165) is 19.3 Å². The number of hydroxylamine groups is 1. The molecule has 1 amide bonds. The van der Waals surface area contributed by atoms with Gasteiger partial charge in [0.25, 0.3) is 5.91 Å². The molecule has 0 aromatic carbocycles. The zero-order valence-electron chi connectivity index (χ0n) is 10.2. The quantitative estimate of drug-likeness (QED) is 0.260. The van der Waals surface area contributed by atoms with Crippen molar-refractivity contribution < 1.29 is 23.6 Å². The molecule has 0 rings (SSSR count). The summed E-state index contributed by atoms with van der Waals surface area (Å²) >= 11 is 0. The van der Waals surface area contributed by atoms with Crippen molar-refractivity contribution in [2.24, 2.45) is 0 Å². The zero-order chi connectivity index (χ0) is 12.9. The minimum atomic E-state index is -2.27. The van der Waals surface area contributed by atoms with Gasteiger partial charge in [0, 0.05) is 4.57 Å². The van der Waals surface area contributed by atoms with Gasteiger partial charge in [0.2, 0.25) is 0 Å². The Balaban J connectivity index is 3.25. The van der Waals surface area contributed by atoms with E-state index < -0.39 is 20.8 Å². The van der Waals surface area contributed by atoms with Gasteiger partial charge in [-0.1, -0.05) is 39.0 Å². The predicted octanol–water partition coefficient (Wildman–Crippen LogP) is 2.54. The fourth-order valence-corrected chi connectivity index (χ4v) is 1.78. The molecule has 0 radical (unpaired) electrons. The largest absolute Gasteiger partial charge is 0.697 e. The molecule has 0 heterocycles. The van der Waals surface area contributed by atoms with Gasteiger partial charge in [0.05, 0.1) is 0 Å². The van der Waals surface area contributed by atoms with Crippen molar-refractivity contribution in [1.82, 2.24) is 5.48 Å². The molecular formula is C10H21NO5P+. The Morgan fingerprint density at radius 1 is 1.18 bits per heavy atom. The summed E-state index contributed by atoms with van der Waals surface area (Å²) < 4.78 is 20.5. The smallest absolute Gasteiger partial charge is 0.289 e. The molecule has 0 saturated heterocycles. The van der Waals surface area contributed by atoms with Gasteiger partial charge in [-0.05, 0) is 6.42 Å². The number of rotatable bonds is 11. The third kappa shape index (κ3) is 11.7. The second kappa shape index (κ2) is 11.9. The lowest BCUT2D eigenvalue weighted by atomic mass is 10.1. The molecule has 0 aromatic heterocycles. The molecule has 0 aliphatic heterocycles. The molecule has 0 aliphatic carbocycles. The molecule has 7 heteroatoms. The maximum atomic E-state index is 11.0. The maximum Gasteiger partial charge on any atom is 0.697 e. The minimum absolute atomic E-state index is 0.363. The van der Waals surface area contributed by atoms with Crippen molar-refractivity contribution in [1.29, 1.82) is 0 Å². The minimum Gasteiger partial charge on any atom is -0.289 e. The topological polar surface area (TPSA) is 84.9 Å². The number of carbonyl (C=O) groups is 1. The van der Waals surface area contributed by atoms with E-state index >= 15 is 0 Å². The van der Waals surface area contributed by atoms with Crippen LogP contribution in [-0.2, 0) is 18.4 Å². The van der Waals surface area contributed by atoms with Gasteiger partial charge in [-0.15, -0.1) is 9.05 Å². The monoisotopic (exact) mass is 266 g/mol. The average Bonchev–Trinajstić information content (AvgIpc) is 2.34. The molecule has 0 bridgehead atoms. The summed E-state index contributed by atoms with van der Waals surface area (Å²) in [6.45, 7) is 2.05. The van der Waals surface area contributed by atoms with Gasteiger partial charge in [-0.2, -0.15) is 0 Å². The fourth-order valence-electron chi connectivity index (χ4n) is 1.20. The molecular weight excluding hydrogens is 245 g/mol. The van der Waals surface area contributed by atoms with Crippen molar-refractivity contribution in [2.75, 3.05) is 13.2 Å². The van der Waals surface area contributed by atoms with Crippen molar-refractivity contribution in [3.05, 3.63) is 0 Å². The van der Waals surface area contributed by atoms with Crippen LogP contribution in [0.15, 0.2) is 0 Å². The predicted molar refractivity (Wildman–Crippen MR) is 62.8 cm³/mol. The van der Waals surface area contributed by atoms with Gasteiger partial charge in [-0.25, -0.2) is 5.48 Å². The van der Waals surface area contributed by atoms with Gasteiger partial charge in [-0.3, -0.25) is 10.0 Å². The summed E-state index contributed by atoms with van der Waals surface area (Å²) in [4.78, 5) is 10.5. The first-order valence-corrected chi connectivity index (χ1v) is 6.96. The Labute approximate surface area is 103 Å². The first-order chi connectivity index (χ1) is 8.20. The molecule has 2 N–H and O–H groups in total. The fraction of sp³-hybridized carbons (Fsp3) is 0.900. The summed E-state index contributed by atoms with van der Waals surface area (Å²) in [6.07, 6.45) is 6.70. The molecule has 0 fully saturated rings. The van der Waals surface area contributed by atoms with Gasteiger partial charge in [0.15, 0.2) is 6.61 Å². The van der Waals surface area contributed by atoms with E-state index in [2.05, 4.69) is 11.4 Å². The van der Waals surface area contributed by atoms with Crippen molar-refractivity contribution in [2.45, 2.75) is 45.4 Å². The molecule has 0 saturated carbocycles. The lowest BCUT2D eigenvalue weighted by molar-refractivity contribution is -0.131. The summed E-state index contributed by atoms with van der Waals surface area (Å²) in [6, 6.07) is 0. The third-order valence-corrected chi connectivity index (χ3v) is 2.85. The average molecular weight is 266 g/mol. The van der Waals surface area contributed by atoms with Crippen LogP contribution in [-0.4, -0.2) is 24.3 Å². The molecule has 0 aromatic rings. The number of unbranched alkanes of at least 4 members (excludes halogenated alkanes) is 5. The number of hydrogen-bond acceptors (Lipinski definition) is 5. The lowest BCUT2D eigenvalue weighted by Crippen LogP contribution is -2.22. The van der Waals surface area contributed by atoms with E-state index in [1.54, 1.807) is 0 Å². The number of amides is 1. The van der Waals surface area contributed by atoms with Crippen LogP contribution >= 0.6 is 8.25 Å². The van der Waals surface area contributed by atoms with Crippen LogP contribution in [0.2, 0.25) is 0 Å². The van der Waals surface area contributed by atoms with E-state index in [1.165, 1.54) is 24.7 Å². The number of hydrogen-bond donors (Lipinski definition) is 2. The van der Waals surface area contributed by atoms with E-state index in [-0.39, 0.29) is 0 Å². The number of carbonyl (C=O) groups excluding carboxylic acids is 1.